The second-order valence-corrected chi connectivity index (χ2v) is 7.82. The number of nitrogens with one attached hydrogen (secondary N) is 1. The van der Waals surface area contributed by atoms with Crippen molar-refractivity contribution >= 4 is 49.6 Å². The van der Waals surface area contributed by atoms with E-state index in [0.717, 1.165) is 26.2 Å². The Labute approximate surface area is 148 Å². The van der Waals surface area contributed by atoms with Crippen LogP contribution in [-0.4, -0.2) is 5.84 Å². The Hall–Kier alpha value is -1.89. The third kappa shape index (κ3) is 3.90. The van der Waals surface area contributed by atoms with Crippen LogP contribution in [-0.2, 0) is 7.05 Å². The van der Waals surface area contributed by atoms with Crippen molar-refractivity contribution in [1.29, 1.82) is 0 Å². The molecule has 0 aliphatic rings. The summed E-state index contributed by atoms with van der Waals surface area (Å²) in [7, 11) is 5.09. The van der Waals surface area contributed by atoms with Gasteiger partial charge in [-0.2, -0.15) is 4.57 Å². The standard InChI is InChI=1S/C17H15N3S3/c1-12-8-10-14(11-9-12)18-15(13-6-4-3-5-7-13)19-16-20(2)17(21)23-22-16/h3-11H,1-2H3/p+1. The summed E-state index contributed by atoms with van der Waals surface area (Å²) in [5.74, 6) is 0.814. The topological polar surface area (TPSA) is 28.3 Å². The predicted molar refractivity (Wildman–Crippen MR) is 102 cm³/mol. The molecule has 0 amide bonds. The molecule has 0 spiro atoms. The summed E-state index contributed by atoms with van der Waals surface area (Å²) < 4.78 is 2.77. The number of rotatable bonds is 3. The Morgan fingerprint density at radius 3 is 2.35 bits per heavy atom. The van der Waals surface area contributed by atoms with E-state index in [2.05, 4.69) is 36.5 Å². The van der Waals surface area contributed by atoms with Gasteiger partial charge < -0.3 is 5.32 Å². The zero-order chi connectivity index (χ0) is 16.2. The molecule has 23 heavy (non-hydrogen) atoms. The molecule has 0 atom stereocenters. The fourth-order valence-electron chi connectivity index (χ4n) is 1.99. The molecule has 1 N–H and O–H groups in total. The van der Waals surface area contributed by atoms with Crippen molar-refractivity contribution in [3.05, 3.63) is 69.7 Å². The van der Waals surface area contributed by atoms with Crippen molar-refractivity contribution in [3.63, 3.8) is 0 Å². The maximum atomic E-state index is 5.29. The van der Waals surface area contributed by atoms with Crippen molar-refractivity contribution in [2.75, 3.05) is 5.32 Å². The van der Waals surface area contributed by atoms with Gasteiger partial charge in [-0.05, 0) is 58.7 Å². The van der Waals surface area contributed by atoms with Crippen molar-refractivity contribution in [2.24, 2.45) is 12.0 Å². The van der Waals surface area contributed by atoms with E-state index in [4.69, 9.17) is 17.2 Å². The van der Waals surface area contributed by atoms with Crippen LogP contribution in [0.15, 0.2) is 59.6 Å². The first-order valence-electron chi connectivity index (χ1n) is 7.10. The Bertz CT molecular complexity index is 877. The highest BCUT2D eigenvalue weighted by Gasteiger charge is 2.16. The second-order valence-electron chi connectivity index (χ2n) is 5.09. The number of benzene rings is 2. The molecule has 0 saturated heterocycles. The number of hydrogen-bond acceptors (Lipinski definition) is 4. The molecule has 3 rings (SSSR count). The van der Waals surface area contributed by atoms with Crippen LogP contribution in [0.1, 0.15) is 11.1 Å². The molecule has 1 aromatic heterocycles. The minimum Gasteiger partial charge on any atom is -0.319 e. The predicted octanol–water partition coefficient (Wildman–Crippen LogP) is 4.86. The van der Waals surface area contributed by atoms with Gasteiger partial charge in [0.2, 0.25) is 0 Å². The van der Waals surface area contributed by atoms with Gasteiger partial charge in [-0.1, -0.05) is 35.9 Å². The number of aryl methyl sites for hydroxylation is 1. The molecule has 3 aromatic rings. The van der Waals surface area contributed by atoms with E-state index in [-0.39, 0.29) is 0 Å². The summed E-state index contributed by atoms with van der Waals surface area (Å²) in [6, 6.07) is 18.4. The average Bonchev–Trinajstić information content (AvgIpc) is 2.89. The van der Waals surface area contributed by atoms with E-state index in [1.54, 1.807) is 20.7 Å². The maximum Gasteiger partial charge on any atom is 0.395 e. The van der Waals surface area contributed by atoms with Crippen LogP contribution in [0.25, 0.3) is 0 Å². The number of hydrogen-bond donors (Lipinski definition) is 1. The van der Waals surface area contributed by atoms with Crippen molar-refractivity contribution in [1.82, 2.24) is 0 Å². The summed E-state index contributed by atoms with van der Waals surface area (Å²) in [5, 5.41) is 4.31. The summed E-state index contributed by atoms with van der Waals surface area (Å²) in [6.45, 7) is 2.08. The first kappa shape index (κ1) is 16.0. The van der Waals surface area contributed by atoms with Gasteiger partial charge in [-0.15, -0.1) is 0 Å². The molecule has 0 aliphatic carbocycles. The molecule has 0 unspecified atom stereocenters. The van der Waals surface area contributed by atoms with Gasteiger partial charge in [0.1, 0.15) is 0 Å². The van der Waals surface area contributed by atoms with Gasteiger partial charge >= 0.3 is 5.13 Å². The van der Waals surface area contributed by atoms with Crippen molar-refractivity contribution in [3.8, 4) is 0 Å². The zero-order valence-electron chi connectivity index (χ0n) is 12.8. The van der Waals surface area contributed by atoms with Gasteiger partial charge in [-0.25, -0.2) is 0 Å². The van der Waals surface area contributed by atoms with Crippen LogP contribution in [0.3, 0.4) is 0 Å². The Balaban J connectivity index is 2.02. The Kier molecular flexibility index (Phi) is 4.95. The average molecular weight is 359 g/mol. The molecule has 0 fully saturated rings. The molecule has 0 aliphatic heterocycles. The van der Waals surface area contributed by atoms with Crippen LogP contribution in [0.5, 0.6) is 0 Å². The van der Waals surface area contributed by atoms with Gasteiger partial charge in [-0.3, -0.25) is 0 Å². The normalized spacial score (nSPS) is 11.5. The zero-order valence-corrected chi connectivity index (χ0v) is 15.3. The van der Waals surface area contributed by atoms with E-state index in [0.29, 0.717) is 0 Å². The fourth-order valence-corrected chi connectivity index (χ4v) is 4.39. The quantitative estimate of drug-likeness (QED) is 0.238. The molecule has 0 saturated carbocycles. The summed E-state index contributed by atoms with van der Waals surface area (Å²) in [4.78, 5) is 4.80. The number of aliphatic imine (C=N–C) groups is 1. The second kappa shape index (κ2) is 7.12. The van der Waals surface area contributed by atoms with E-state index in [9.17, 15) is 0 Å². The molecule has 1 heterocycles. The lowest BCUT2D eigenvalue weighted by Gasteiger charge is -2.06. The molecule has 0 radical (unpaired) electrons. The fraction of sp³-hybridized carbons (Fsp3) is 0.118. The third-order valence-electron chi connectivity index (χ3n) is 3.32. The van der Waals surface area contributed by atoms with Gasteiger partial charge in [0, 0.05) is 21.6 Å². The van der Waals surface area contributed by atoms with Crippen LogP contribution >= 0.6 is 32.9 Å². The summed E-state index contributed by atoms with van der Waals surface area (Å²) >= 11 is 5.29. The van der Waals surface area contributed by atoms with E-state index < -0.39 is 0 Å². The minimum absolute atomic E-state index is 0.814. The molecular weight excluding hydrogens is 342 g/mol. The van der Waals surface area contributed by atoms with Crippen LogP contribution < -0.4 is 9.88 Å². The minimum atomic E-state index is 0.814. The van der Waals surface area contributed by atoms with Crippen LogP contribution in [0.4, 0.5) is 10.8 Å². The van der Waals surface area contributed by atoms with Gasteiger partial charge in [0.05, 0.1) is 7.05 Å². The highest BCUT2D eigenvalue weighted by atomic mass is 32.9. The third-order valence-corrected chi connectivity index (χ3v) is 6.34. The highest BCUT2D eigenvalue weighted by molar-refractivity contribution is 7.79. The number of anilines is 1. The smallest absolute Gasteiger partial charge is 0.319 e. The van der Waals surface area contributed by atoms with Crippen LogP contribution in [0.2, 0.25) is 0 Å². The number of amidine groups is 1. The molecular formula is C17H16N3S3+. The van der Waals surface area contributed by atoms with Crippen molar-refractivity contribution < 1.29 is 4.57 Å². The highest BCUT2D eigenvalue weighted by Crippen LogP contribution is 2.22. The number of aromatic nitrogens is 1. The SMILES string of the molecule is Cc1ccc(NC(=Nc2ssc(=S)[n+]2C)c2ccccc2)cc1. The van der Waals surface area contributed by atoms with E-state index in [1.165, 1.54) is 5.56 Å². The largest absolute Gasteiger partial charge is 0.395 e. The van der Waals surface area contributed by atoms with E-state index >= 15 is 0 Å². The lowest BCUT2D eigenvalue weighted by Crippen LogP contribution is -2.27. The molecule has 6 heteroatoms. The van der Waals surface area contributed by atoms with Crippen LogP contribution in [0, 0.1) is 10.9 Å². The number of nitrogens with zero attached hydrogens (tertiary/aromatic N) is 2. The summed E-state index contributed by atoms with van der Waals surface area (Å²) in [5.41, 5.74) is 3.29. The molecule has 116 valence electrons. The van der Waals surface area contributed by atoms with Crippen molar-refractivity contribution in [2.45, 2.75) is 6.92 Å². The molecule has 3 nitrogen and oxygen atoms in total. The van der Waals surface area contributed by atoms with Gasteiger partial charge in [0.25, 0.3) is 9.79 Å². The first-order chi connectivity index (χ1) is 11.1. The van der Waals surface area contributed by atoms with E-state index in [1.807, 2.05) is 41.9 Å². The maximum absolute atomic E-state index is 5.29. The molecule has 0 bridgehead atoms. The first-order valence-corrected chi connectivity index (χ1v) is 9.66. The Morgan fingerprint density at radius 1 is 1.04 bits per heavy atom. The summed E-state index contributed by atoms with van der Waals surface area (Å²) in [6.07, 6.45) is 0. The lowest BCUT2D eigenvalue weighted by molar-refractivity contribution is -0.657. The Morgan fingerprint density at radius 2 is 1.74 bits per heavy atom. The molecule has 2 aromatic carbocycles. The van der Waals surface area contributed by atoms with Gasteiger partial charge in [0.15, 0.2) is 0 Å². The monoisotopic (exact) mass is 358 g/mol. The lowest BCUT2D eigenvalue weighted by atomic mass is 10.2.